The molecule has 0 aliphatic rings. The van der Waals surface area contributed by atoms with Crippen LogP contribution in [-0.2, 0) is 13.6 Å². The third-order valence-electron chi connectivity index (χ3n) is 3.12. The Morgan fingerprint density at radius 3 is 2.53 bits per heavy atom. The zero-order chi connectivity index (χ0) is 13.1. The van der Waals surface area contributed by atoms with Crippen LogP contribution in [0.1, 0.15) is 38.4 Å². The maximum atomic E-state index is 9.10. The van der Waals surface area contributed by atoms with E-state index in [0.29, 0.717) is 6.04 Å². The van der Waals surface area contributed by atoms with Crippen LogP contribution in [0, 0.1) is 12.3 Å². The number of rotatable bonds is 5. The molecule has 2 N–H and O–H groups in total. The lowest BCUT2D eigenvalue weighted by Crippen LogP contribution is -2.40. The molecule has 0 saturated heterocycles. The second-order valence-corrected chi connectivity index (χ2v) is 5.73. The highest BCUT2D eigenvalue weighted by Crippen LogP contribution is 2.22. The third kappa shape index (κ3) is 4.13. The van der Waals surface area contributed by atoms with Gasteiger partial charge in [-0.2, -0.15) is 5.10 Å². The summed E-state index contributed by atoms with van der Waals surface area (Å²) < 4.78 is 1.84. The smallest absolute Gasteiger partial charge is 0.0638 e. The Labute approximate surface area is 104 Å². The molecule has 0 amide bonds. The number of nitrogens with zero attached hydrogens (tertiary/aromatic N) is 2. The summed E-state index contributed by atoms with van der Waals surface area (Å²) in [5.41, 5.74) is 2.44. The maximum absolute atomic E-state index is 9.10. The van der Waals surface area contributed by atoms with Crippen molar-refractivity contribution in [3.8, 4) is 0 Å². The average Bonchev–Trinajstić information content (AvgIpc) is 2.50. The Balaban J connectivity index is 2.61. The number of aryl methyl sites for hydroxylation is 2. The van der Waals surface area contributed by atoms with Gasteiger partial charge in [0, 0.05) is 38.0 Å². The van der Waals surface area contributed by atoms with Crippen molar-refractivity contribution in [2.24, 2.45) is 12.5 Å². The molecule has 17 heavy (non-hydrogen) atoms. The summed E-state index contributed by atoms with van der Waals surface area (Å²) in [4.78, 5) is 0. The Morgan fingerprint density at radius 2 is 2.12 bits per heavy atom. The summed E-state index contributed by atoms with van der Waals surface area (Å²) in [5.74, 6) is 0. The molecular weight excluding hydrogens is 214 g/mol. The molecular formula is C13H25N3O. The minimum atomic E-state index is 0.152. The molecule has 98 valence electrons. The minimum absolute atomic E-state index is 0.152. The molecule has 1 heterocycles. The number of hydrogen-bond donors (Lipinski definition) is 2. The highest BCUT2D eigenvalue weighted by atomic mass is 16.3. The van der Waals surface area contributed by atoms with Gasteiger partial charge in [0.15, 0.2) is 0 Å². The molecule has 0 aliphatic carbocycles. The first kappa shape index (κ1) is 14.2. The van der Waals surface area contributed by atoms with Crippen LogP contribution < -0.4 is 5.32 Å². The van der Waals surface area contributed by atoms with E-state index in [-0.39, 0.29) is 12.0 Å². The first-order chi connectivity index (χ1) is 7.84. The van der Waals surface area contributed by atoms with E-state index >= 15 is 0 Å². The topological polar surface area (TPSA) is 50.1 Å². The lowest BCUT2D eigenvalue weighted by atomic mass is 9.85. The van der Waals surface area contributed by atoms with Gasteiger partial charge in [-0.1, -0.05) is 20.8 Å². The summed E-state index contributed by atoms with van der Waals surface area (Å²) in [6.45, 7) is 9.63. The van der Waals surface area contributed by atoms with Crippen LogP contribution >= 0.6 is 0 Å². The first-order valence-electron chi connectivity index (χ1n) is 6.18. The van der Waals surface area contributed by atoms with Crippen molar-refractivity contribution in [1.82, 2.24) is 15.1 Å². The van der Waals surface area contributed by atoms with Gasteiger partial charge in [-0.05, 0) is 18.8 Å². The van der Waals surface area contributed by atoms with Crippen LogP contribution in [0.5, 0.6) is 0 Å². The zero-order valence-corrected chi connectivity index (χ0v) is 11.6. The van der Waals surface area contributed by atoms with Crippen molar-refractivity contribution in [3.63, 3.8) is 0 Å². The van der Waals surface area contributed by atoms with Crippen molar-refractivity contribution in [3.05, 3.63) is 17.5 Å². The van der Waals surface area contributed by atoms with Gasteiger partial charge < -0.3 is 10.4 Å². The Kier molecular flexibility index (Phi) is 4.71. The molecule has 0 aromatic carbocycles. The number of hydrogen-bond acceptors (Lipinski definition) is 3. The molecule has 4 heteroatoms. The fourth-order valence-corrected chi connectivity index (χ4v) is 2.03. The third-order valence-corrected chi connectivity index (χ3v) is 3.12. The SMILES string of the molecule is Cc1nn(C)cc1CNC(CCO)C(C)(C)C. The van der Waals surface area contributed by atoms with Gasteiger partial charge in [-0.25, -0.2) is 0 Å². The lowest BCUT2D eigenvalue weighted by Gasteiger charge is -2.31. The van der Waals surface area contributed by atoms with Crippen LogP contribution in [0.25, 0.3) is 0 Å². The highest BCUT2D eigenvalue weighted by molar-refractivity contribution is 5.15. The molecule has 1 rings (SSSR count). The summed E-state index contributed by atoms with van der Waals surface area (Å²) in [7, 11) is 1.94. The van der Waals surface area contributed by atoms with E-state index in [4.69, 9.17) is 5.11 Å². The van der Waals surface area contributed by atoms with Gasteiger partial charge in [-0.15, -0.1) is 0 Å². The molecule has 1 unspecified atom stereocenters. The number of aliphatic hydroxyl groups excluding tert-OH is 1. The molecule has 0 saturated carbocycles. The lowest BCUT2D eigenvalue weighted by molar-refractivity contribution is 0.196. The number of aliphatic hydroxyl groups is 1. The van der Waals surface area contributed by atoms with Gasteiger partial charge in [0.25, 0.3) is 0 Å². The van der Waals surface area contributed by atoms with Crippen molar-refractivity contribution in [2.45, 2.75) is 46.7 Å². The molecule has 1 aromatic rings. The zero-order valence-electron chi connectivity index (χ0n) is 11.6. The second kappa shape index (κ2) is 5.65. The van der Waals surface area contributed by atoms with Gasteiger partial charge in [-0.3, -0.25) is 4.68 Å². The van der Waals surface area contributed by atoms with E-state index < -0.39 is 0 Å². The molecule has 0 spiro atoms. The fourth-order valence-electron chi connectivity index (χ4n) is 2.03. The molecule has 4 nitrogen and oxygen atoms in total. The fraction of sp³-hybridized carbons (Fsp3) is 0.769. The molecule has 0 aliphatic heterocycles. The van der Waals surface area contributed by atoms with E-state index in [1.807, 2.05) is 24.9 Å². The number of nitrogens with one attached hydrogen (secondary N) is 1. The van der Waals surface area contributed by atoms with Crippen molar-refractivity contribution in [1.29, 1.82) is 0 Å². The van der Waals surface area contributed by atoms with Crippen LogP contribution in [0.4, 0.5) is 0 Å². The quantitative estimate of drug-likeness (QED) is 0.821. The van der Waals surface area contributed by atoms with Crippen LogP contribution in [0.2, 0.25) is 0 Å². The van der Waals surface area contributed by atoms with E-state index in [2.05, 4.69) is 31.2 Å². The first-order valence-corrected chi connectivity index (χ1v) is 6.18. The van der Waals surface area contributed by atoms with Gasteiger partial charge in [0.2, 0.25) is 0 Å². The molecule has 1 atom stereocenters. The van der Waals surface area contributed by atoms with E-state index in [1.54, 1.807) is 0 Å². The van der Waals surface area contributed by atoms with Crippen LogP contribution in [0.3, 0.4) is 0 Å². The van der Waals surface area contributed by atoms with E-state index in [0.717, 1.165) is 18.7 Å². The number of aromatic nitrogens is 2. The van der Waals surface area contributed by atoms with Gasteiger partial charge >= 0.3 is 0 Å². The Hall–Kier alpha value is -0.870. The Bertz CT molecular complexity index is 352. The normalized spacial score (nSPS) is 14.0. The minimum Gasteiger partial charge on any atom is -0.396 e. The standard InChI is InChI=1S/C13H25N3O/c1-10-11(9-16(5)15-10)8-14-12(6-7-17)13(2,3)4/h9,12,14,17H,6-8H2,1-5H3. The average molecular weight is 239 g/mol. The predicted octanol–water partition coefficient (Wildman–Crippen LogP) is 1.62. The highest BCUT2D eigenvalue weighted by Gasteiger charge is 2.23. The van der Waals surface area contributed by atoms with Gasteiger partial charge in [0.1, 0.15) is 0 Å². The monoisotopic (exact) mass is 239 g/mol. The predicted molar refractivity (Wildman–Crippen MR) is 69.7 cm³/mol. The summed E-state index contributed by atoms with van der Waals surface area (Å²) in [5, 5.41) is 16.9. The van der Waals surface area contributed by atoms with Gasteiger partial charge in [0.05, 0.1) is 5.69 Å². The van der Waals surface area contributed by atoms with Crippen LogP contribution in [0.15, 0.2) is 6.20 Å². The summed E-state index contributed by atoms with van der Waals surface area (Å²) in [6, 6.07) is 0.312. The largest absolute Gasteiger partial charge is 0.396 e. The van der Waals surface area contributed by atoms with Crippen molar-refractivity contribution >= 4 is 0 Å². The molecule has 0 radical (unpaired) electrons. The molecule has 1 aromatic heterocycles. The molecule has 0 bridgehead atoms. The van der Waals surface area contributed by atoms with E-state index in [1.165, 1.54) is 5.56 Å². The van der Waals surface area contributed by atoms with Crippen molar-refractivity contribution in [2.75, 3.05) is 6.61 Å². The summed E-state index contributed by atoms with van der Waals surface area (Å²) in [6.07, 6.45) is 2.82. The maximum Gasteiger partial charge on any atom is 0.0638 e. The Morgan fingerprint density at radius 1 is 1.47 bits per heavy atom. The van der Waals surface area contributed by atoms with Crippen molar-refractivity contribution < 1.29 is 5.11 Å². The van der Waals surface area contributed by atoms with Crippen LogP contribution in [-0.4, -0.2) is 27.5 Å². The van der Waals surface area contributed by atoms with E-state index in [9.17, 15) is 0 Å². The molecule has 0 fully saturated rings. The summed E-state index contributed by atoms with van der Waals surface area (Å²) >= 11 is 0. The second-order valence-electron chi connectivity index (χ2n) is 5.73.